The van der Waals surface area contributed by atoms with Crippen LogP contribution >= 0.6 is 0 Å². The number of carbonyl (C=O) groups is 5. The Balaban J connectivity index is 1.88. The monoisotopic (exact) mass is 908 g/mol. The van der Waals surface area contributed by atoms with Crippen molar-refractivity contribution in [2.75, 3.05) is 14.2 Å². The van der Waals surface area contributed by atoms with Gasteiger partial charge in [0, 0.05) is 56.1 Å². The van der Waals surface area contributed by atoms with Crippen LogP contribution in [-0.2, 0) is 61.9 Å². The molecule has 3 saturated heterocycles. The zero-order chi connectivity index (χ0) is 47.6. The Morgan fingerprint density at radius 3 is 2.06 bits per heavy atom. The molecule has 0 unspecified atom stereocenters. The van der Waals surface area contributed by atoms with Gasteiger partial charge < -0.3 is 58.3 Å². The lowest BCUT2D eigenvalue weighted by atomic mass is 9.70. The lowest BCUT2D eigenvalue weighted by Crippen LogP contribution is -2.62. The van der Waals surface area contributed by atoms with Gasteiger partial charge in [0.05, 0.1) is 62.7 Å². The van der Waals surface area contributed by atoms with Crippen LogP contribution in [0.4, 0.5) is 0 Å². The minimum absolute atomic E-state index is 0.0163. The van der Waals surface area contributed by atoms with E-state index in [9.17, 15) is 44.4 Å². The number of rotatable bonds is 11. The second kappa shape index (κ2) is 22.7. The second-order valence-electron chi connectivity index (χ2n) is 18.8. The fourth-order valence-corrected chi connectivity index (χ4v) is 8.79. The minimum Gasteiger partial charge on any atom is -0.466 e. The molecule has 4 aliphatic rings. The maximum Gasteiger partial charge on any atom is 0.330 e. The number of hydrogen-bond donors (Lipinski definition) is 4. The summed E-state index contributed by atoms with van der Waals surface area (Å²) in [6.07, 6.45) is -2.16. The van der Waals surface area contributed by atoms with Crippen molar-refractivity contribution in [1.82, 2.24) is 0 Å². The predicted molar refractivity (Wildman–Crippen MR) is 229 cm³/mol. The van der Waals surface area contributed by atoms with Crippen LogP contribution in [-0.4, -0.2) is 131 Å². The van der Waals surface area contributed by atoms with Gasteiger partial charge >= 0.3 is 29.8 Å². The SMILES string of the molecule is CCCCC(=O)O[C@H]1C[C@H]2C[C@@H](O)CC(=O)O[C@@H]([C@@H](C)O)C[C@@H]3C/C(=C\C(=O)OC)[C@H](OC(=O)CCCC)[C@@](O)(O3)C(C)(C)/C=C/[C@H]3C/C(=C\C(=O)OC)C[C@@H](C[C@](O)(O2)C1(C)C)O3. The van der Waals surface area contributed by atoms with Crippen LogP contribution in [0.25, 0.3) is 0 Å². The highest BCUT2D eigenvalue weighted by atomic mass is 16.7. The molecule has 4 rings (SSSR count). The summed E-state index contributed by atoms with van der Waals surface area (Å²) in [5.74, 6) is -7.84. The van der Waals surface area contributed by atoms with E-state index < -0.39 is 114 Å². The molecule has 0 amide bonds. The van der Waals surface area contributed by atoms with Crippen molar-refractivity contribution >= 4 is 29.8 Å². The van der Waals surface area contributed by atoms with Gasteiger partial charge in [-0.05, 0) is 44.6 Å². The van der Waals surface area contributed by atoms with Gasteiger partial charge in [-0.2, -0.15) is 0 Å². The normalized spacial score (nSPS) is 35.5. The van der Waals surface area contributed by atoms with E-state index in [2.05, 4.69) is 0 Å². The third-order valence-corrected chi connectivity index (χ3v) is 12.9. The van der Waals surface area contributed by atoms with Gasteiger partial charge in [-0.3, -0.25) is 14.4 Å². The van der Waals surface area contributed by atoms with Gasteiger partial charge in [-0.15, -0.1) is 0 Å². The van der Waals surface area contributed by atoms with Crippen LogP contribution in [0.15, 0.2) is 35.5 Å². The average Bonchev–Trinajstić information content (AvgIpc) is 3.20. The van der Waals surface area contributed by atoms with Crippen molar-refractivity contribution in [3.05, 3.63) is 35.5 Å². The lowest BCUT2D eigenvalue weighted by molar-refractivity contribution is -0.348. The van der Waals surface area contributed by atoms with Gasteiger partial charge in [0.25, 0.3) is 0 Å². The number of carbonyl (C=O) groups excluding carboxylic acids is 5. The van der Waals surface area contributed by atoms with Crippen LogP contribution in [0, 0.1) is 10.8 Å². The highest BCUT2D eigenvalue weighted by Gasteiger charge is 2.59. The first-order valence-corrected chi connectivity index (χ1v) is 22.6. The quantitative estimate of drug-likeness (QED) is 0.0949. The van der Waals surface area contributed by atoms with Gasteiger partial charge in [0.1, 0.15) is 12.2 Å². The molecule has 4 heterocycles. The fraction of sp³-hybridized carbons (Fsp3) is 0.766. The van der Waals surface area contributed by atoms with E-state index in [4.69, 9.17) is 37.9 Å². The average molecular weight is 909 g/mol. The number of aliphatic hydroxyl groups is 4. The molecule has 17 heteroatoms. The van der Waals surface area contributed by atoms with Gasteiger partial charge in [-0.25, -0.2) is 9.59 Å². The maximum absolute atomic E-state index is 13.5. The van der Waals surface area contributed by atoms with E-state index >= 15 is 0 Å². The standard InChI is InChI=1S/C47H72O17/c1-10-12-14-38(50)61-37-26-34-23-31(49)24-42(54)60-36(28(3)48)25-33-21-30(22-41(53)58-9)43(62-39(51)15-13-11-2)47(56,64-33)44(4,5)17-16-32-18-29(20-40(52)57-8)19-35(59-32)27-46(55,63-34)45(37,6)7/h16-17,20,22,28,31-37,43,48-49,55-56H,10-15,18-19,21,23-27H2,1-9H3/b17-16+,29-20+,30-22+/t28-,31-,32+,33+,34-,35+,36-,37+,43+,46+,47-/m1/s1. The highest BCUT2D eigenvalue weighted by molar-refractivity contribution is 5.83. The minimum atomic E-state index is -2.41. The Bertz CT molecular complexity index is 1730. The molecule has 11 atom stereocenters. The molecule has 0 aromatic rings. The van der Waals surface area contributed by atoms with Crippen molar-refractivity contribution in [3.63, 3.8) is 0 Å². The first-order chi connectivity index (χ1) is 30.0. The molecule has 4 N–H and O–H groups in total. The Morgan fingerprint density at radius 1 is 0.828 bits per heavy atom. The Kier molecular flexibility index (Phi) is 18.7. The summed E-state index contributed by atoms with van der Waals surface area (Å²) in [5.41, 5.74) is -1.95. The summed E-state index contributed by atoms with van der Waals surface area (Å²) in [5, 5.41) is 47.8. The van der Waals surface area contributed by atoms with E-state index in [1.54, 1.807) is 39.8 Å². The number of ether oxygens (including phenoxy) is 8. The second-order valence-corrected chi connectivity index (χ2v) is 18.8. The molecular weight excluding hydrogens is 836 g/mol. The Labute approximate surface area is 376 Å². The molecular formula is C47H72O17. The third kappa shape index (κ3) is 13.4. The number of aliphatic hydroxyl groups excluding tert-OH is 2. The summed E-state index contributed by atoms with van der Waals surface area (Å²) < 4.78 is 47.2. The molecule has 64 heavy (non-hydrogen) atoms. The predicted octanol–water partition coefficient (Wildman–Crippen LogP) is 4.73. The summed E-state index contributed by atoms with van der Waals surface area (Å²) >= 11 is 0. The van der Waals surface area contributed by atoms with Crippen molar-refractivity contribution in [3.8, 4) is 0 Å². The largest absolute Gasteiger partial charge is 0.466 e. The molecule has 0 aliphatic carbocycles. The first-order valence-electron chi connectivity index (χ1n) is 22.6. The highest BCUT2D eigenvalue weighted by Crippen LogP contribution is 2.50. The Morgan fingerprint density at radius 2 is 1.45 bits per heavy atom. The van der Waals surface area contributed by atoms with Gasteiger partial charge in [0.15, 0.2) is 11.9 Å². The van der Waals surface area contributed by atoms with E-state index in [-0.39, 0.29) is 63.4 Å². The number of esters is 5. The zero-order valence-electron chi connectivity index (χ0n) is 39.0. The van der Waals surface area contributed by atoms with Gasteiger partial charge in [0.2, 0.25) is 5.79 Å². The number of fused-ring (bicyclic) bond motifs is 6. The van der Waals surface area contributed by atoms with Crippen LogP contribution in [0.3, 0.4) is 0 Å². The number of hydrogen-bond acceptors (Lipinski definition) is 17. The molecule has 0 radical (unpaired) electrons. The van der Waals surface area contributed by atoms with E-state index in [1.165, 1.54) is 27.2 Å². The van der Waals surface area contributed by atoms with Crippen LogP contribution < -0.4 is 0 Å². The van der Waals surface area contributed by atoms with Crippen LogP contribution in [0.2, 0.25) is 0 Å². The van der Waals surface area contributed by atoms with E-state index in [0.29, 0.717) is 24.8 Å². The molecule has 362 valence electrons. The number of unbranched alkanes of at least 4 members (excludes halogenated alkanes) is 2. The Hall–Kier alpha value is -3.71. The fourth-order valence-electron chi connectivity index (χ4n) is 8.79. The summed E-state index contributed by atoms with van der Waals surface area (Å²) in [4.78, 5) is 65.3. The molecule has 0 saturated carbocycles. The van der Waals surface area contributed by atoms with E-state index in [1.807, 2.05) is 13.8 Å². The molecule has 0 aromatic carbocycles. The van der Waals surface area contributed by atoms with E-state index in [0.717, 1.165) is 12.5 Å². The molecule has 4 aliphatic heterocycles. The zero-order valence-corrected chi connectivity index (χ0v) is 39.0. The molecule has 0 spiro atoms. The van der Waals surface area contributed by atoms with Crippen molar-refractivity contribution in [2.45, 2.75) is 205 Å². The molecule has 0 aromatic heterocycles. The molecule has 17 nitrogen and oxygen atoms in total. The van der Waals surface area contributed by atoms with Crippen LogP contribution in [0.5, 0.6) is 0 Å². The topological polar surface area (TPSA) is 240 Å². The smallest absolute Gasteiger partial charge is 0.330 e. The molecule has 6 bridgehead atoms. The van der Waals surface area contributed by atoms with Crippen LogP contribution in [0.1, 0.15) is 138 Å². The molecule has 3 fully saturated rings. The summed E-state index contributed by atoms with van der Waals surface area (Å²) in [6.45, 7) is 11.9. The lowest BCUT2D eigenvalue weighted by Gasteiger charge is -2.54. The van der Waals surface area contributed by atoms with Crippen molar-refractivity contribution < 1.29 is 82.3 Å². The number of cyclic esters (lactones) is 1. The first kappa shape index (κ1) is 52.9. The van der Waals surface area contributed by atoms with Gasteiger partial charge in [-0.1, -0.05) is 72.1 Å². The summed E-state index contributed by atoms with van der Waals surface area (Å²) in [7, 11) is 2.43. The third-order valence-electron chi connectivity index (χ3n) is 12.9. The van der Waals surface area contributed by atoms with Crippen molar-refractivity contribution in [1.29, 1.82) is 0 Å². The summed E-state index contributed by atoms with van der Waals surface area (Å²) in [6, 6.07) is 0. The maximum atomic E-state index is 13.5. The van der Waals surface area contributed by atoms with Crippen molar-refractivity contribution in [2.24, 2.45) is 10.8 Å². The number of methoxy groups -OCH3 is 2.